The van der Waals surface area contributed by atoms with Gasteiger partial charge in [0.1, 0.15) is 6.04 Å². The van der Waals surface area contributed by atoms with Crippen LogP contribution in [0.1, 0.15) is 58.9 Å². The molecular weight excluding hydrogens is 372 g/mol. The van der Waals surface area contributed by atoms with Gasteiger partial charge in [0.25, 0.3) is 11.8 Å². The van der Waals surface area contributed by atoms with E-state index in [1.54, 1.807) is 12.1 Å². The topological polar surface area (TPSA) is 108 Å². The molecule has 154 valence electrons. The van der Waals surface area contributed by atoms with Crippen molar-refractivity contribution in [3.8, 4) is 0 Å². The zero-order valence-corrected chi connectivity index (χ0v) is 16.5. The summed E-state index contributed by atoms with van der Waals surface area (Å²) in [7, 11) is 0. The number of nitrogens with one attached hydrogen (secondary N) is 3. The quantitative estimate of drug-likeness (QED) is 0.626. The first-order chi connectivity index (χ1) is 14.0. The molecule has 3 unspecified atom stereocenters. The highest BCUT2D eigenvalue weighted by molar-refractivity contribution is 6.23. The van der Waals surface area contributed by atoms with Crippen LogP contribution in [0.15, 0.2) is 18.2 Å². The van der Waals surface area contributed by atoms with Crippen LogP contribution in [0.25, 0.3) is 0 Å². The number of carbonyl (C=O) groups is 4. The predicted molar refractivity (Wildman–Crippen MR) is 105 cm³/mol. The number of carbonyl (C=O) groups excluding carboxylic acids is 4. The van der Waals surface area contributed by atoms with E-state index in [1.165, 1.54) is 12.8 Å². The average molecular weight is 398 g/mol. The fraction of sp³-hybridized carbons (Fsp3) is 0.524. The Morgan fingerprint density at radius 1 is 1.14 bits per heavy atom. The molecule has 3 aliphatic rings. The van der Waals surface area contributed by atoms with Crippen molar-refractivity contribution in [1.82, 2.24) is 20.9 Å². The third kappa shape index (κ3) is 3.82. The Kier molecular flexibility index (Phi) is 5.47. The summed E-state index contributed by atoms with van der Waals surface area (Å²) in [5.41, 5.74) is 1.56. The minimum Gasteiger partial charge on any atom is -0.316 e. The van der Waals surface area contributed by atoms with E-state index in [1.807, 2.05) is 6.07 Å². The lowest BCUT2D eigenvalue weighted by molar-refractivity contribution is -0.136. The highest BCUT2D eigenvalue weighted by atomic mass is 16.2. The number of nitrogens with zero attached hydrogens (tertiary/aromatic N) is 1. The monoisotopic (exact) mass is 398 g/mol. The van der Waals surface area contributed by atoms with Gasteiger partial charge in [-0.05, 0) is 62.9 Å². The third-order valence-electron chi connectivity index (χ3n) is 6.17. The van der Waals surface area contributed by atoms with Gasteiger partial charge in [-0.25, -0.2) is 0 Å². The van der Waals surface area contributed by atoms with Gasteiger partial charge in [-0.2, -0.15) is 0 Å². The van der Waals surface area contributed by atoms with E-state index in [0.717, 1.165) is 23.6 Å². The fourth-order valence-corrected chi connectivity index (χ4v) is 4.38. The molecule has 29 heavy (non-hydrogen) atoms. The van der Waals surface area contributed by atoms with E-state index in [2.05, 4.69) is 22.9 Å². The largest absolute Gasteiger partial charge is 0.316 e. The van der Waals surface area contributed by atoms with Gasteiger partial charge >= 0.3 is 0 Å². The summed E-state index contributed by atoms with van der Waals surface area (Å²) in [5, 5.41) is 9.15. The van der Waals surface area contributed by atoms with Crippen molar-refractivity contribution >= 4 is 23.6 Å². The smallest absolute Gasteiger partial charge is 0.262 e. The molecule has 0 bridgehead atoms. The third-order valence-corrected chi connectivity index (χ3v) is 6.17. The Balaban J connectivity index is 1.45. The maximum atomic E-state index is 12.9. The van der Waals surface area contributed by atoms with Crippen molar-refractivity contribution < 1.29 is 19.2 Å². The van der Waals surface area contributed by atoms with E-state index in [4.69, 9.17) is 0 Å². The van der Waals surface area contributed by atoms with Gasteiger partial charge < -0.3 is 10.6 Å². The molecule has 2 fully saturated rings. The standard InChI is InChI=1S/C21H26N4O4/c1-12(14-3-2-8-22-11-14)23-10-13-4-5-15-16(9-13)21(29)25(20(15)28)17-6-7-18(26)24-19(17)27/h4-5,9,12,14,17,22-23H,2-3,6-8,10-11H2,1H3,(H,24,26,27). The highest BCUT2D eigenvalue weighted by Crippen LogP contribution is 2.28. The molecule has 3 N–H and O–H groups in total. The van der Waals surface area contributed by atoms with Gasteiger partial charge in [0.05, 0.1) is 11.1 Å². The Bertz CT molecular complexity index is 862. The summed E-state index contributed by atoms with van der Waals surface area (Å²) in [6.07, 6.45) is 2.66. The summed E-state index contributed by atoms with van der Waals surface area (Å²) < 4.78 is 0. The lowest BCUT2D eigenvalue weighted by atomic mass is 9.92. The molecule has 0 spiro atoms. The summed E-state index contributed by atoms with van der Waals surface area (Å²) >= 11 is 0. The van der Waals surface area contributed by atoms with Crippen molar-refractivity contribution in [1.29, 1.82) is 0 Å². The van der Waals surface area contributed by atoms with Gasteiger partial charge in [0.15, 0.2) is 0 Å². The van der Waals surface area contributed by atoms with Crippen LogP contribution in [0.5, 0.6) is 0 Å². The van der Waals surface area contributed by atoms with Crippen LogP contribution in [0.3, 0.4) is 0 Å². The van der Waals surface area contributed by atoms with Crippen LogP contribution >= 0.6 is 0 Å². The Morgan fingerprint density at radius 2 is 1.93 bits per heavy atom. The summed E-state index contributed by atoms with van der Waals surface area (Å²) in [6, 6.07) is 4.65. The van der Waals surface area contributed by atoms with Crippen LogP contribution in [-0.4, -0.2) is 53.7 Å². The molecule has 2 saturated heterocycles. The molecule has 0 saturated carbocycles. The van der Waals surface area contributed by atoms with Crippen molar-refractivity contribution in [2.24, 2.45) is 5.92 Å². The number of hydrogen-bond acceptors (Lipinski definition) is 6. The fourth-order valence-electron chi connectivity index (χ4n) is 4.38. The number of rotatable bonds is 5. The van der Waals surface area contributed by atoms with Crippen LogP contribution in [0.4, 0.5) is 0 Å². The molecule has 4 amide bonds. The molecule has 3 atom stereocenters. The minimum absolute atomic E-state index is 0.118. The second kappa shape index (κ2) is 8.04. The first-order valence-corrected chi connectivity index (χ1v) is 10.2. The molecule has 0 aromatic heterocycles. The van der Waals surface area contributed by atoms with Crippen LogP contribution in [0, 0.1) is 5.92 Å². The zero-order chi connectivity index (χ0) is 20.5. The molecule has 0 aliphatic carbocycles. The summed E-state index contributed by atoms with van der Waals surface area (Å²) in [4.78, 5) is 50.1. The van der Waals surface area contributed by atoms with Crippen LogP contribution < -0.4 is 16.0 Å². The van der Waals surface area contributed by atoms with Gasteiger partial charge in [0, 0.05) is 19.0 Å². The maximum absolute atomic E-state index is 12.9. The average Bonchev–Trinajstić information content (AvgIpc) is 2.97. The molecule has 3 heterocycles. The molecular formula is C21H26N4O4. The van der Waals surface area contributed by atoms with Crippen molar-refractivity contribution in [2.75, 3.05) is 13.1 Å². The number of fused-ring (bicyclic) bond motifs is 1. The van der Waals surface area contributed by atoms with Crippen LogP contribution in [0.2, 0.25) is 0 Å². The van der Waals surface area contributed by atoms with Gasteiger partial charge in [-0.3, -0.25) is 29.4 Å². The van der Waals surface area contributed by atoms with Crippen molar-refractivity contribution in [3.63, 3.8) is 0 Å². The summed E-state index contributed by atoms with van der Waals surface area (Å²) in [5.74, 6) is -1.33. The molecule has 4 rings (SSSR count). The number of benzene rings is 1. The van der Waals surface area contributed by atoms with Gasteiger partial charge in [0.2, 0.25) is 11.8 Å². The van der Waals surface area contributed by atoms with E-state index >= 15 is 0 Å². The SMILES string of the molecule is CC(NCc1ccc2c(c1)C(=O)N(C1CCC(=O)NC1=O)C2=O)C1CCCNC1. The second-order valence-electron chi connectivity index (χ2n) is 8.10. The zero-order valence-electron chi connectivity index (χ0n) is 16.5. The number of hydrogen-bond donors (Lipinski definition) is 3. The number of piperidine rings is 2. The maximum Gasteiger partial charge on any atom is 0.262 e. The highest BCUT2D eigenvalue weighted by Gasteiger charge is 2.44. The van der Waals surface area contributed by atoms with E-state index in [0.29, 0.717) is 29.6 Å². The van der Waals surface area contributed by atoms with Crippen molar-refractivity contribution in [3.05, 3.63) is 34.9 Å². The molecule has 1 aromatic carbocycles. The Hall–Kier alpha value is -2.58. The summed E-state index contributed by atoms with van der Waals surface area (Å²) in [6.45, 7) is 4.86. The lowest BCUT2D eigenvalue weighted by Crippen LogP contribution is -2.54. The predicted octanol–water partition coefficient (Wildman–Crippen LogP) is 0.566. The lowest BCUT2D eigenvalue weighted by Gasteiger charge is -2.29. The molecule has 3 aliphatic heterocycles. The van der Waals surface area contributed by atoms with Crippen molar-refractivity contribution in [2.45, 2.75) is 51.2 Å². The molecule has 8 heteroatoms. The molecule has 1 aromatic rings. The molecule has 0 radical (unpaired) electrons. The van der Waals surface area contributed by atoms with E-state index in [9.17, 15) is 19.2 Å². The van der Waals surface area contributed by atoms with Crippen LogP contribution in [-0.2, 0) is 16.1 Å². The first kappa shape index (κ1) is 19.7. The Morgan fingerprint density at radius 3 is 2.66 bits per heavy atom. The number of amides is 4. The van der Waals surface area contributed by atoms with Gasteiger partial charge in [-0.15, -0.1) is 0 Å². The minimum atomic E-state index is -0.930. The van der Waals surface area contributed by atoms with E-state index < -0.39 is 23.8 Å². The molecule has 8 nitrogen and oxygen atoms in total. The Labute approximate surface area is 169 Å². The van der Waals surface area contributed by atoms with E-state index in [-0.39, 0.29) is 18.7 Å². The second-order valence-corrected chi connectivity index (χ2v) is 8.10. The number of imide groups is 2. The van der Waals surface area contributed by atoms with Gasteiger partial charge in [-0.1, -0.05) is 6.07 Å². The first-order valence-electron chi connectivity index (χ1n) is 10.2. The normalized spacial score (nSPS) is 25.8.